The number of hydrogen-bond acceptors (Lipinski definition) is 10. The van der Waals surface area contributed by atoms with Crippen LogP contribution in [0.2, 0.25) is 0 Å². The summed E-state index contributed by atoms with van der Waals surface area (Å²) in [6.07, 6.45) is 3.31. The molecule has 1 atom stereocenters. The third kappa shape index (κ3) is 6.34. The maximum atomic E-state index is 13.0. The maximum Gasteiger partial charge on any atom is 0.304 e. The van der Waals surface area contributed by atoms with Gasteiger partial charge in [0, 0.05) is 17.7 Å². The molecule has 2 N–H and O–H groups in total. The molecule has 1 saturated carbocycles. The van der Waals surface area contributed by atoms with E-state index in [0.717, 1.165) is 4.21 Å². The molecule has 1 aromatic carbocycles. The average Bonchev–Trinajstić information content (AvgIpc) is 3.38. The van der Waals surface area contributed by atoms with E-state index in [2.05, 4.69) is 15.5 Å². The number of oxime groups is 1. The number of carboxylic acids is 1. The summed E-state index contributed by atoms with van der Waals surface area (Å²) in [5.41, 5.74) is 0.385. The average molecular weight is 526 g/mol. The standard InChI is InChI=1S/C21H23N3O7S3/c25-17(26)8-10-32-18-11-22-21(33-18)23-20(27)19(24-31-14-7-9-30-12-14)13-1-3-15(4-2-13)34(28,29)16-5-6-16/h1-4,11,14,16H,5-10,12H2,(H,25,26)(H,22,23,27)/b24-19+/t14-/m1/s1. The van der Waals surface area contributed by atoms with Crippen LogP contribution in [0.25, 0.3) is 0 Å². The van der Waals surface area contributed by atoms with Crippen LogP contribution in [0.1, 0.15) is 31.2 Å². The highest BCUT2D eigenvalue weighted by atomic mass is 32.2. The summed E-state index contributed by atoms with van der Waals surface area (Å²) >= 11 is 2.55. The highest BCUT2D eigenvalue weighted by Crippen LogP contribution is 2.33. The number of nitrogens with one attached hydrogen (secondary N) is 1. The van der Waals surface area contributed by atoms with Crippen molar-refractivity contribution in [2.75, 3.05) is 24.3 Å². The SMILES string of the molecule is O=C(O)CCSc1cnc(NC(=O)/C(=N/O[C@@H]2CCOC2)c2ccc(S(=O)(=O)C3CC3)cc2)s1. The topological polar surface area (TPSA) is 144 Å². The lowest BCUT2D eigenvalue weighted by atomic mass is 10.1. The van der Waals surface area contributed by atoms with Gasteiger partial charge in [-0.25, -0.2) is 13.4 Å². The fourth-order valence-electron chi connectivity index (χ4n) is 3.10. The first-order chi connectivity index (χ1) is 16.3. The van der Waals surface area contributed by atoms with Crippen molar-refractivity contribution in [1.82, 2.24) is 4.98 Å². The molecule has 0 radical (unpaired) electrons. The first-order valence-electron chi connectivity index (χ1n) is 10.6. The zero-order valence-electron chi connectivity index (χ0n) is 18.0. The number of amides is 1. The molecule has 0 bridgehead atoms. The molecule has 0 spiro atoms. The Hall–Kier alpha value is -2.48. The van der Waals surface area contributed by atoms with E-state index in [9.17, 15) is 18.0 Å². The molecule has 1 aliphatic carbocycles. The number of carbonyl (C=O) groups is 2. The second kappa shape index (κ2) is 10.8. The first kappa shape index (κ1) is 24.6. The lowest BCUT2D eigenvalue weighted by Gasteiger charge is -2.10. The molecule has 34 heavy (non-hydrogen) atoms. The van der Waals surface area contributed by atoms with Gasteiger partial charge in [-0.3, -0.25) is 14.9 Å². The second-order valence-corrected chi connectivity index (χ2v) is 12.4. The molecule has 1 saturated heterocycles. The van der Waals surface area contributed by atoms with Gasteiger partial charge < -0.3 is 14.7 Å². The van der Waals surface area contributed by atoms with E-state index in [1.54, 1.807) is 6.20 Å². The van der Waals surface area contributed by atoms with Crippen molar-refractivity contribution >= 4 is 55.7 Å². The maximum absolute atomic E-state index is 13.0. The fraction of sp³-hybridized carbons (Fsp3) is 0.429. The zero-order valence-corrected chi connectivity index (χ0v) is 20.5. The fourth-order valence-corrected chi connectivity index (χ4v) is 6.63. The number of benzene rings is 1. The van der Waals surface area contributed by atoms with Crippen LogP contribution < -0.4 is 5.32 Å². The van der Waals surface area contributed by atoms with Gasteiger partial charge in [0.05, 0.1) is 40.2 Å². The van der Waals surface area contributed by atoms with Crippen molar-refractivity contribution in [3.05, 3.63) is 36.0 Å². The molecule has 2 heterocycles. The molecule has 1 aliphatic heterocycles. The van der Waals surface area contributed by atoms with Crippen molar-refractivity contribution in [2.45, 2.75) is 46.1 Å². The second-order valence-electron chi connectivity index (χ2n) is 7.73. The van der Waals surface area contributed by atoms with Gasteiger partial charge in [-0.1, -0.05) is 28.6 Å². The Kier molecular flexibility index (Phi) is 7.86. The number of thiazole rings is 1. The van der Waals surface area contributed by atoms with Gasteiger partial charge in [-0.2, -0.15) is 0 Å². The molecular weight excluding hydrogens is 502 g/mol. The summed E-state index contributed by atoms with van der Waals surface area (Å²) in [5, 5.41) is 15.5. The van der Waals surface area contributed by atoms with E-state index < -0.39 is 21.7 Å². The Balaban J connectivity index is 1.49. The molecular formula is C21H23N3O7S3. The van der Waals surface area contributed by atoms with Crippen LogP contribution in [0.5, 0.6) is 0 Å². The minimum absolute atomic E-state index is 0.0162. The lowest BCUT2D eigenvalue weighted by molar-refractivity contribution is -0.136. The molecule has 4 rings (SSSR count). The minimum atomic E-state index is -3.35. The summed E-state index contributed by atoms with van der Waals surface area (Å²) in [6, 6.07) is 6.03. The Labute approximate surface area is 204 Å². The van der Waals surface area contributed by atoms with Crippen LogP contribution in [0.15, 0.2) is 44.7 Å². The van der Waals surface area contributed by atoms with Crippen LogP contribution in [-0.4, -0.2) is 66.4 Å². The van der Waals surface area contributed by atoms with Crippen molar-refractivity contribution in [3.63, 3.8) is 0 Å². The van der Waals surface area contributed by atoms with Crippen molar-refractivity contribution in [2.24, 2.45) is 5.16 Å². The van der Waals surface area contributed by atoms with E-state index in [4.69, 9.17) is 14.7 Å². The van der Waals surface area contributed by atoms with Crippen LogP contribution in [-0.2, 0) is 29.0 Å². The monoisotopic (exact) mass is 525 g/mol. The molecule has 13 heteroatoms. The third-order valence-electron chi connectivity index (χ3n) is 5.08. The molecule has 2 aromatic rings. The van der Waals surface area contributed by atoms with E-state index in [1.165, 1.54) is 47.4 Å². The third-order valence-corrected chi connectivity index (χ3v) is 9.47. The van der Waals surface area contributed by atoms with Gasteiger partial charge in [0.2, 0.25) is 0 Å². The molecule has 1 amide bonds. The van der Waals surface area contributed by atoms with Gasteiger partial charge in [0.25, 0.3) is 5.91 Å². The number of anilines is 1. The van der Waals surface area contributed by atoms with Gasteiger partial charge >= 0.3 is 5.97 Å². The predicted molar refractivity (Wildman–Crippen MR) is 127 cm³/mol. The smallest absolute Gasteiger partial charge is 0.304 e. The Bertz CT molecular complexity index is 1170. The molecule has 182 valence electrons. The summed E-state index contributed by atoms with van der Waals surface area (Å²) in [7, 11) is -3.35. The quantitative estimate of drug-likeness (QED) is 0.257. The van der Waals surface area contributed by atoms with Gasteiger partial charge in [-0.05, 0) is 25.0 Å². The summed E-state index contributed by atoms with van der Waals surface area (Å²) < 4.78 is 31.0. The molecule has 2 fully saturated rings. The van der Waals surface area contributed by atoms with Crippen molar-refractivity contribution in [3.8, 4) is 0 Å². The lowest BCUT2D eigenvalue weighted by Crippen LogP contribution is -2.25. The number of carbonyl (C=O) groups excluding carboxylic acids is 1. The minimum Gasteiger partial charge on any atom is -0.481 e. The van der Waals surface area contributed by atoms with Crippen LogP contribution in [0.4, 0.5) is 5.13 Å². The number of carboxylic acid groups (broad SMARTS) is 1. The largest absolute Gasteiger partial charge is 0.481 e. The molecule has 10 nitrogen and oxygen atoms in total. The normalized spacial score (nSPS) is 18.6. The van der Waals surface area contributed by atoms with Gasteiger partial charge in [-0.15, -0.1) is 11.8 Å². The summed E-state index contributed by atoms with van der Waals surface area (Å²) in [6.45, 7) is 0.928. The van der Waals surface area contributed by atoms with E-state index in [-0.39, 0.29) is 28.4 Å². The van der Waals surface area contributed by atoms with Crippen molar-refractivity contribution in [1.29, 1.82) is 0 Å². The molecule has 0 unspecified atom stereocenters. The number of aliphatic carboxylic acids is 1. The van der Waals surface area contributed by atoms with Gasteiger partial charge in [0.1, 0.15) is 0 Å². The van der Waals surface area contributed by atoms with E-state index >= 15 is 0 Å². The number of nitrogens with zero attached hydrogens (tertiary/aromatic N) is 2. The Morgan fingerprint density at radius 3 is 2.68 bits per heavy atom. The summed E-state index contributed by atoms with van der Waals surface area (Å²) in [5.74, 6) is -1.05. The Morgan fingerprint density at radius 2 is 2.03 bits per heavy atom. The summed E-state index contributed by atoms with van der Waals surface area (Å²) in [4.78, 5) is 33.6. The van der Waals surface area contributed by atoms with E-state index in [0.29, 0.717) is 48.9 Å². The number of thioether (sulfide) groups is 1. The number of ether oxygens (including phenoxy) is 1. The van der Waals surface area contributed by atoms with Gasteiger partial charge in [0.15, 0.2) is 26.8 Å². The van der Waals surface area contributed by atoms with Crippen LogP contribution in [0.3, 0.4) is 0 Å². The zero-order chi connectivity index (χ0) is 24.1. The molecule has 2 aliphatic rings. The van der Waals surface area contributed by atoms with E-state index in [1.807, 2.05) is 0 Å². The van der Waals surface area contributed by atoms with Crippen LogP contribution >= 0.6 is 23.1 Å². The number of rotatable bonds is 11. The highest BCUT2D eigenvalue weighted by molar-refractivity contribution is 8.01. The van der Waals surface area contributed by atoms with Crippen molar-refractivity contribution < 1.29 is 32.7 Å². The Morgan fingerprint density at radius 1 is 1.26 bits per heavy atom. The number of sulfone groups is 1. The first-order valence-corrected chi connectivity index (χ1v) is 14.0. The highest BCUT2D eigenvalue weighted by Gasteiger charge is 2.36. The molecule has 1 aromatic heterocycles. The number of hydrogen-bond donors (Lipinski definition) is 2. The number of aromatic nitrogens is 1. The predicted octanol–water partition coefficient (Wildman–Crippen LogP) is 2.79. The van der Waals surface area contributed by atoms with Crippen LogP contribution in [0, 0.1) is 0 Å².